The van der Waals surface area contributed by atoms with E-state index < -0.39 is 0 Å². The summed E-state index contributed by atoms with van der Waals surface area (Å²) >= 11 is 5.88. The zero-order valence-electron chi connectivity index (χ0n) is 8.68. The molecule has 0 amide bonds. The highest BCUT2D eigenvalue weighted by atomic mass is 35.5. The van der Waals surface area contributed by atoms with Gasteiger partial charge in [-0.3, -0.25) is 0 Å². The first-order valence-corrected chi connectivity index (χ1v) is 5.58. The number of rotatable bonds is 3. The Morgan fingerprint density at radius 3 is 2.43 bits per heavy atom. The average Bonchev–Trinajstić information content (AvgIpc) is 2.79. The Morgan fingerprint density at radius 1 is 1.43 bits per heavy atom. The van der Waals surface area contributed by atoms with Crippen molar-refractivity contribution in [3.63, 3.8) is 0 Å². The van der Waals surface area contributed by atoms with E-state index in [9.17, 15) is 0 Å². The molecular formula is C12H16ClN. The van der Waals surface area contributed by atoms with Crippen LogP contribution in [0.25, 0.3) is 0 Å². The highest BCUT2D eigenvalue weighted by molar-refractivity contribution is 6.30. The normalized spacial score (nSPS) is 30.4. The Hall–Kier alpha value is -0.530. The minimum absolute atomic E-state index is 0.235. The van der Waals surface area contributed by atoms with E-state index in [1.54, 1.807) is 0 Å². The number of halogens is 1. The lowest BCUT2D eigenvalue weighted by Gasteiger charge is -2.18. The van der Waals surface area contributed by atoms with E-state index in [0.717, 1.165) is 17.5 Å². The maximum Gasteiger partial charge on any atom is 0.0464 e. The van der Waals surface area contributed by atoms with Gasteiger partial charge >= 0.3 is 0 Å². The van der Waals surface area contributed by atoms with Crippen molar-refractivity contribution in [1.82, 2.24) is 5.32 Å². The molecule has 2 rings (SSSR count). The van der Waals surface area contributed by atoms with Crippen LogP contribution in [-0.4, -0.2) is 6.54 Å². The molecule has 1 aliphatic rings. The van der Waals surface area contributed by atoms with Crippen molar-refractivity contribution in [1.29, 1.82) is 0 Å². The summed E-state index contributed by atoms with van der Waals surface area (Å²) in [4.78, 5) is 0. The summed E-state index contributed by atoms with van der Waals surface area (Å²) in [6.07, 6.45) is 1.24. The monoisotopic (exact) mass is 209 g/mol. The molecule has 1 aliphatic carbocycles. The van der Waals surface area contributed by atoms with Crippen molar-refractivity contribution in [2.24, 2.45) is 5.92 Å². The smallest absolute Gasteiger partial charge is 0.0464 e. The van der Waals surface area contributed by atoms with E-state index in [1.807, 2.05) is 12.1 Å². The highest BCUT2D eigenvalue weighted by Crippen LogP contribution is 2.51. The maximum absolute atomic E-state index is 5.88. The van der Waals surface area contributed by atoms with E-state index in [-0.39, 0.29) is 5.54 Å². The lowest BCUT2D eigenvalue weighted by atomic mass is 10.0. The van der Waals surface area contributed by atoms with E-state index in [2.05, 4.69) is 31.3 Å². The fraction of sp³-hybridized carbons (Fsp3) is 0.500. The minimum atomic E-state index is 0.235. The molecule has 0 aliphatic heterocycles. The number of hydrogen-bond acceptors (Lipinski definition) is 1. The molecular weight excluding hydrogens is 194 g/mol. The quantitative estimate of drug-likeness (QED) is 0.807. The van der Waals surface area contributed by atoms with Gasteiger partial charge in [0.25, 0.3) is 0 Å². The van der Waals surface area contributed by atoms with E-state index in [0.29, 0.717) is 0 Å². The van der Waals surface area contributed by atoms with Crippen LogP contribution in [0.4, 0.5) is 0 Å². The van der Waals surface area contributed by atoms with Gasteiger partial charge in [0.1, 0.15) is 0 Å². The number of nitrogens with one attached hydrogen (secondary N) is 1. The van der Waals surface area contributed by atoms with Gasteiger partial charge in [0.2, 0.25) is 0 Å². The minimum Gasteiger partial charge on any atom is -0.307 e. The molecule has 76 valence electrons. The van der Waals surface area contributed by atoms with Gasteiger partial charge in [0.15, 0.2) is 0 Å². The summed E-state index contributed by atoms with van der Waals surface area (Å²) in [7, 11) is 0. The van der Waals surface area contributed by atoms with Crippen molar-refractivity contribution in [2.45, 2.75) is 25.8 Å². The molecule has 1 aromatic rings. The van der Waals surface area contributed by atoms with Crippen molar-refractivity contribution < 1.29 is 0 Å². The van der Waals surface area contributed by atoms with Gasteiger partial charge in [0.05, 0.1) is 0 Å². The Bertz CT molecular complexity index is 320. The summed E-state index contributed by atoms with van der Waals surface area (Å²) in [6.45, 7) is 5.47. The van der Waals surface area contributed by atoms with Crippen LogP contribution in [0.3, 0.4) is 0 Å². The lowest BCUT2D eigenvalue weighted by molar-refractivity contribution is 0.501. The molecule has 1 fully saturated rings. The van der Waals surface area contributed by atoms with Crippen molar-refractivity contribution in [3.05, 3.63) is 34.9 Å². The average molecular weight is 210 g/mol. The molecule has 2 heteroatoms. The standard InChI is InChI=1S/C12H16ClN/c1-3-14-12(8-9(12)2)10-4-6-11(13)7-5-10/h4-7,9,14H,3,8H2,1-2H3. The molecule has 1 nitrogen and oxygen atoms in total. The molecule has 14 heavy (non-hydrogen) atoms. The second-order valence-electron chi connectivity index (χ2n) is 4.11. The maximum atomic E-state index is 5.88. The molecule has 1 saturated carbocycles. The van der Waals surface area contributed by atoms with Crippen LogP contribution in [0.2, 0.25) is 5.02 Å². The molecule has 0 heterocycles. The summed E-state index contributed by atoms with van der Waals surface area (Å²) in [5.41, 5.74) is 1.61. The van der Waals surface area contributed by atoms with Crippen LogP contribution in [0.15, 0.2) is 24.3 Å². The van der Waals surface area contributed by atoms with Crippen LogP contribution in [0.5, 0.6) is 0 Å². The predicted molar refractivity (Wildman–Crippen MR) is 60.6 cm³/mol. The molecule has 1 aromatic carbocycles. The third-order valence-corrected chi connectivity index (χ3v) is 3.41. The van der Waals surface area contributed by atoms with Gasteiger partial charge in [-0.05, 0) is 36.6 Å². The van der Waals surface area contributed by atoms with Crippen molar-refractivity contribution in [3.8, 4) is 0 Å². The molecule has 0 bridgehead atoms. The first-order chi connectivity index (χ1) is 6.69. The summed E-state index contributed by atoms with van der Waals surface area (Å²) in [6, 6.07) is 8.21. The molecule has 2 unspecified atom stereocenters. The summed E-state index contributed by atoms with van der Waals surface area (Å²) < 4.78 is 0. The molecule has 2 atom stereocenters. The van der Waals surface area contributed by atoms with E-state index >= 15 is 0 Å². The number of benzene rings is 1. The van der Waals surface area contributed by atoms with Crippen LogP contribution in [0.1, 0.15) is 25.8 Å². The van der Waals surface area contributed by atoms with Crippen LogP contribution < -0.4 is 5.32 Å². The van der Waals surface area contributed by atoms with Crippen LogP contribution in [-0.2, 0) is 5.54 Å². The second-order valence-corrected chi connectivity index (χ2v) is 4.55. The fourth-order valence-electron chi connectivity index (χ4n) is 2.24. The van der Waals surface area contributed by atoms with Gasteiger partial charge in [0, 0.05) is 10.6 Å². The van der Waals surface area contributed by atoms with Crippen LogP contribution in [0, 0.1) is 5.92 Å². The highest BCUT2D eigenvalue weighted by Gasteiger charge is 2.51. The predicted octanol–water partition coefficient (Wildman–Crippen LogP) is 3.18. The zero-order chi connectivity index (χ0) is 10.2. The summed E-state index contributed by atoms with van der Waals surface area (Å²) in [5.74, 6) is 0.739. The summed E-state index contributed by atoms with van der Waals surface area (Å²) in [5, 5.41) is 4.39. The fourth-order valence-corrected chi connectivity index (χ4v) is 2.36. The lowest BCUT2D eigenvalue weighted by Crippen LogP contribution is -2.30. The topological polar surface area (TPSA) is 12.0 Å². The van der Waals surface area contributed by atoms with E-state index in [4.69, 9.17) is 11.6 Å². The molecule has 0 radical (unpaired) electrons. The van der Waals surface area contributed by atoms with Crippen molar-refractivity contribution >= 4 is 11.6 Å². The third-order valence-electron chi connectivity index (χ3n) is 3.16. The zero-order valence-corrected chi connectivity index (χ0v) is 9.43. The molecule has 0 spiro atoms. The van der Waals surface area contributed by atoms with Crippen LogP contribution >= 0.6 is 11.6 Å². The van der Waals surface area contributed by atoms with E-state index in [1.165, 1.54) is 12.0 Å². The molecule has 0 aromatic heterocycles. The Labute approximate surface area is 90.5 Å². The third kappa shape index (κ3) is 1.55. The SMILES string of the molecule is CCNC1(c2ccc(Cl)cc2)CC1C. The molecule has 1 N–H and O–H groups in total. The Morgan fingerprint density at radius 2 is 2.00 bits per heavy atom. The van der Waals surface area contributed by atoms with Gasteiger partial charge < -0.3 is 5.32 Å². The van der Waals surface area contributed by atoms with Gasteiger partial charge in [-0.2, -0.15) is 0 Å². The van der Waals surface area contributed by atoms with Gasteiger partial charge in [-0.25, -0.2) is 0 Å². The first kappa shape index (κ1) is 10.0. The second kappa shape index (κ2) is 3.56. The number of hydrogen-bond donors (Lipinski definition) is 1. The Balaban J connectivity index is 2.25. The van der Waals surface area contributed by atoms with Crippen molar-refractivity contribution in [2.75, 3.05) is 6.54 Å². The van der Waals surface area contributed by atoms with Gasteiger partial charge in [-0.15, -0.1) is 0 Å². The largest absolute Gasteiger partial charge is 0.307 e. The first-order valence-electron chi connectivity index (χ1n) is 5.20. The Kier molecular flexibility index (Phi) is 2.54. The van der Waals surface area contributed by atoms with Gasteiger partial charge in [-0.1, -0.05) is 37.6 Å². The molecule has 0 saturated heterocycles.